The highest BCUT2D eigenvalue weighted by atomic mass is 16.3. The first kappa shape index (κ1) is 17.2. The van der Waals surface area contributed by atoms with E-state index in [1.165, 1.54) is 30.5 Å². The lowest BCUT2D eigenvalue weighted by molar-refractivity contribution is -0.115. The second-order valence-corrected chi connectivity index (χ2v) is 5.59. The number of aliphatic hydroxyl groups is 1. The summed E-state index contributed by atoms with van der Waals surface area (Å²) in [5.74, 6) is -0.336. The fourth-order valence-electron chi connectivity index (χ4n) is 2.72. The second-order valence-electron chi connectivity index (χ2n) is 5.59. The first-order valence-corrected chi connectivity index (χ1v) is 7.74. The molecule has 2 rings (SSSR count). The molecule has 6 heteroatoms. The van der Waals surface area contributed by atoms with Gasteiger partial charge in [0.2, 0.25) is 0 Å². The molecular formula is C17H24N4O2. The van der Waals surface area contributed by atoms with Crippen LogP contribution in [0.2, 0.25) is 0 Å². The van der Waals surface area contributed by atoms with Gasteiger partial charge in [-0.2, -0.15) is 0 Å². The number of carbonyl (C=O) groups excluding carboxylic acids is 1. The Balaban J connectivity index is 1.80. The molecule has 0 spiro atoms. The van der Waals surface area contributed by atoms with Gasteiger partial charge < -0.3 is 16.2 Å². The molecule has 1 aliphatic rings. The number of rotatable bonds is 6. The fraction of sp³-hybridized carbons (Fsp3) is 0.412. The minimum absolute atomic E-state index is 0.189. The summed E-state index contributed by atoms with van der Waals surface area (Å²) in [6, 6.07) is 8.37. The average Bonchev–Trinajstić information content (AvgIpc) is 2.57. The van der Waals surface area contributed by atoms with Crippen LogP contribution >= 0.6 is 0 Å². The monoisotopic (exact) mass is 316 g/mol. The van der Waals surface area contributed by atoms with Gasteiger partial charge in [0.25, 0.3) is 5.91 Å². The summed E-state index contributed by atoms with van der Waals surface area (Å²) in [7, 11) is 1.52. The lowest BCUT2D eigenvalue weighted by Gasteiger charge is -2.30. The van der Waals surface area contributed by atoms with E-state index in [-0.39, 0.29) is 18.2 Å². The SMILES string of the molecule is CN=C(/C=C\N)C(=O)NC[C@@H](O)CN1CCc2ccccc2C1. The molecule has 124 valence electrons. The Bertz CT molecular complexity index is 598. The van der Waals surface area contributed by atoms with Gasteiger partial charge in [-0.25, -0.2) is 0 Å². The summed E-state index contributed by atoms with van der Waals surface area (Å²) in [5, 5.41) is 12.8. The molecule has 1 heterocycles. The van der Waals surface area contributed by atoms with Crippen LogP contribution in [0.4, 0.5) is 0 Å². The molecule has 0 fully saturated rings. The minimum atomic E-state index is -0.621. The molecule has 0 aliphatic carbocycles. The van der Waals surface area contributed by atoms with E-state index >= 15 is 0 Å². The van der Waals surface area contributed by atoms with E-state index in [0.29, 0.717) is 6.54 Å². The van der Waals surface area contributed by atoms with Crippen molar-refractivity contribution in [3.63, 3.8) is 0 Å². The molecular weight excluding hydrogens is 292 g/mol. The van der Waals surface area contributed by atoms with Crippen LogP contribution in [0.15, 0.2) is 41.5 Å². The van der Waals surface area contributed by atoms with Gasteiger partial charge >= 0.3 is 0 Å². The third-order valence-corrected chi connectivity index (χ3v) is 3.90. The number of nitrogens with two attached hydrogens (primary N) is 1. The van der Waals surface area contributed by atoms with Gasteiger partial charge in [0.1, 0.15) is 5.71 Å². The summed E-state index contributed by atoms with van der Waals surface area (Å²) in [6.45, 7) is 2.46. The lowest BCUT2D eigenvalue weighted by atomic mass is 10.00. The summed E-state index contributed by atoms with van der Waals surface area (Å²) in [5.41, 5.74) is 8.19. The zero-order valence-corrected chi connectivity index (χ0v) is 13.4. The summed E-state index contributed by atoms with van der Waals surface area (Å²) in [4.78, 5) is 17.9. The van der Waals surface area contributed by atoms with Crippen LogP contribution in [0.25, 0.3) is 0 Å². The third-order valence-electron chi connectivity index (χ3n) is 3.90. The van der Waals surface area contributed by atoms with Gasteiger partial charge in [-0.05, 0) is 29.8 Å². The van der Waals surface area contributed by atoms with Gasteiger partial charge in [-0.15, -0.1) is 0 Å². The van der Waals surface area contributed by atoms with Gasteiger partial charge in [-0.3, -0.25) is 14.7 Å². The highest BCUT2D eigenvalue weighted by molar-refractivity contribution is 6.43. The summed E-state index contributed by atoms with van der Waals surface area (Å²) >= 11 is 0. The van der Waals surface area contributed by atoms with Crippen LogP contribution in [-0.4, -0.2) is 54.4 Å². The molecule has 0 bridgehead atoms. The van der Waals surface area contributed by atoms with E-state index in [0.717, 1.165) is 19.5 Å². The molecule has 0 aromatic heterocycles. The molecule has 0 radical (unpaired) electrons. The van der Waals surface area contributed by atoms with E-state index < -0.39 is 6.10 Å². The van der Waals surface area contributed by atoms with Gasteiger partial charge in [-0.1, -0.05) is 24.3 Å². The zero-order chi connectivity index (χ0) is 16.7. The normalized spacial score (nSPS) is 17.0. The highest BCUT2D eigenvalue weighted by Crippen LogP contribution is 2.18. The third kappa shape index (κ3) is 4.91. The predicted molar refractivity (Wildman–Crippen MR) is 91.1 cm³/mol. The van der Waals surface area contributed by atoms with Crippen molar-refractivity contribution in [3.8, 4) is 0 Å². The van der Waals surface area contributed by atoms with E-state index in [2.05, 4.69) is 33.4 Å². The number of aliphatic imine (C=N–C) groups is 1. The number of carbonyl (C=O) groups is 1. The Labute approximate surface area is 136 Å². The number of aliphatic hydroxyl groups excluding tert-OH is 1. The van der Waals surface area contributed by atoms with E-state index in [1.54, 1.807) is 0 Å². The number of fused-ring (bicyclic) bond motifs is 1. The number of amides is 1. The predicted octanol–water partition coefficient (Wildman–Crippen LogP) is 0.0650. The molecule has 1 aromatic rings. The number of β-amino-alcohol motifs (C(OH)–C–C–N with tert-alkyl or cyclic N) is 1. The van der Waals surface area contributed by atoms with Crippen molar-refractivity contribution in [2.75, 3.05) is 26.7 Å². The van der Waals surface area contributed by atoms with Crippen LogP contribution in [0.3, 0.4) is 0 Å². The Hall–Kier alpha value is -2.18. The van der Waals surface area contributed by atoms with E-state index in [1.807, 2.05) is 6.07 Å². The van der Waals surface area contributed by atoms with Crippen molar-refractivity contribution in [2.24, 2.45) is 10.7 Å². The Kier molecular flexibility index (Phi) is 6.31. The molecule has 1 atom stereocenters. The van der Waals surface area contributed by atoms with Crippen molar-refractivity contribution in [2.45, 2.75) is 19.1 Å². The number of hydrogen-bond donors (Lipinski definition) is 3. The van der Waals surface area contributed by atoms with Crippen molar-refractivity contribution in [1.82, 2.24) is 10.2 Å². The van der Waals surface area contributed by atoms with Gasteiger partial charge in [0, 0.05) is 33.2 Å². The first-order valence-electron chi connectivity index (χ1n) is 7.74. The summed E-state index contributed by atoms with van der Waals surface area (Å²) < 4.78 is 0. The maximum Gasteiger partial charge on any atom is 0.269 e. The molecule has 1 aromatic carbocycles. The first-order chi connectivity index (χ1) is 11.1. The average molecular weight is 316 g/mol. The molecule has 23 heavy (non-hydrogen) atoms. The van der Waals surface area contributed by atoms with E-state index in [4.69, 9.17) is 5.73 Å². The van der Waals surface area contributed by atoms with Crippen LogP contribution in [0.5, 0.6) is 0 Å². The maximum atomic E-state index is 11.9. The lowest BCUT2D eigenvalue weighted by Crippen LogP contribution is -2.43. The standard InChI is InChI=1S/C17H24N4O2/c1-19-16(6-8-18)17(23)20-10-15(22)12-21-9-7-13-4-2-3-5-14(13)11-21/h2-6,8,15,22H,7,9-12,18H2,1H3,(H,20,23)/b8-6-,19-16?/t15-/m1/s1. The van der Waals surface area contributed by atoms with Crippen molar-refractivity contribution in [1.29, 1.82) is 0 Å². The summed E-state index contributed by atoms with van der Waals surface area (Å²) in [6.07, 6.45) is 3.07. The number of benzene rings is 1. The van der Waals surface area contributed by atoms with Crippen molar-refractivity contribution < 1.29 is 9.90 Å². The molecule has 0 unspecified atom stereocenters. The molecule has 0 saturated heterocycles. The van der Waals surface area contributed by atoms with Gasteiger partial charge in [0.15, 0.2) is 0 Å². The molecule has 6 nitrogen and oxygen atoms in total. The zero-order valence-electron chi connectivity index (χ0n) is 13.4. The Morgan fingerprint density at radius 3 is 2.91 bits per heavy atom. The Morgan fingerprint density at radius 1 is 1.48 bits per heavy atom. The minimum Gasteiger partial charge on any atom is -0.405 e. The largest absolute Gasteiger partial charge is 0.405 e. The highest BCUT2D eigenvalue weighted by Gasteiger charge is 2.19. The molecule has 1 amide bonds. The molecule has 1 aliphatic heterocycles. The van der Waals surface area contributed by atoms with Crippen LogP contribution in [0.1, 0.15) is 11.1 Å². The van der Waals surface area contributed by atoms with E-state index in [9.17, 15) is 9.90 Å². The molecule has 0 saturated carbocycles. The van der Waals surface area contributed by atoms with Crippen molar-refractivity contribution in [3.05, 3.63) is 47.7 Å². The number of nitrogens with one attached hydrogen (secondary N) is 1. The van der Waals surface area contributed by atoms with Crippen LogP contribution in [-0.2, 0) is 17.8 Å². The quantitative estimate of drug-likeness (QED) is 0.648. The second kappa shape index (κ2) is 8.45. The van der Waals surface area contributed by atoms with Gasteiger partial charge in [0.05, 0.1) is 6.10 Å². The smallest absolute Gasteiger partial charge is 0.269 e. The number of nitrogens with zero attached hydrogens (tertiary/aromatic N) is 2. The van der Waals surface area contributed by atoms with Crippen LogP contribution in [0, 0.1) is 0 Å². The maximum absolute atomic E-state index is 11.9. The number of hydrogen-bond acceptors (Lipinski definition) is 5. The van der Waals surface area contributed by atoms with Crippen LogP contribution < -0.4 is 11.1 Å². The fourth-order valence-corrected chi connectivity index (χ4v) is 2.72. The topological polar surface area (TPSA) is 90.9 Å². The Morgan fingerprint density at radius 2 is 2.22 bits per heavy atom. The molecule has 4 N–H and O–H groups in total. The van der Waals surface area contributed by atoms with Crippen molar-refractivity contribution >= 4 is 11.6 Å².